The van der Waals surface area contributed by atoms with Crippen LogP contribution in [0, 0.1) is 10.8 Å². The molecule has 0 bridgehead atoms. The zero-order valence-corrected chi connectivity index (χ0v) is 13.4. The molecule has 1 aliphatic heterocycles. The molecule has 5 heteroatoms. The van der Waals surface area contributed by atoms with Gasteiger partial charge in [-0.2, -0.15) is 0 Å². The summed E-state index contributed by atoms with van der Waals surface area (Å²) in [5.41, 5.74) is -1.40. The van der Waals surface area contributed by atoms with Gasteiger partial charge in [0.1, 0.15) is 24.2 Å². The summed E-state index contributed by atoms with van der Waals surface area (Å²) in [6.45, 7) is 12.0. The fourth-order valence-electron chi connectivity index (χ4n) is 2.34. The van der Waals surface area contributed by atoms with Crippen molar-refractivity contribution in [2.75, 3.05) is 13.2 Å². The third-order valence-electron chi connectivity index (χ3n) is 3.50. The van der Waals surface area contributed by atoms with Crippen LogP contribution in [0.5, 0.6) is 0 Å². The number of carbonyl (C=O) groups is 2. The molecule has 116 valence electrons. The Morgan fingerprint density at radius 3 is 2.15 bits per heavy atom. The highest BCUT2D eigenvalue weighted by Crippen LogP contribution is 2.35. The maximum Gasteiger partial charge on any atom is 0.508 e. The van der Waals surface area contributed by atoms with E-state index in [2.05, 4.69) is 20.8 Å². The number of esters is 1. The van der Waals surface area contributed by atoms with Gasteiger partial charge in [-0.05, 0) is 32.1 Å². The predicted molar refractivity (Wildman–Crippen MR) is 74.3 cm³/mol. The number of ether oxygens (including phenoxy) is 3. The molecule has 1 aliphatic rings. The average Bonchev–Trinajstić information content (AvgIpc) is 2.30. The first kappa shape index (κ1) is 16.8. The van der Waals surface area contributed by atoms with Crippen LogP contribution < -0.4 is 0 Å². The fourth-order valence-corrected chi connectivity index (χ4v) is 2.34. The summed E-state index contributed by atoms with van der Waals surface area (Å²) in [4.78, 5) is 23.3. The van der Waals surface area contributed by atoms with Gasteiger partial charge >= 0.3 is 12.1 Å². The van der Waals surface area contributed by atoms with E-state index in [9.17, 15) is 9.59 Å². The molecule has 0 saturated carbocycles. The molecule has 0 aromatic rings. The average molecular weight is 286 g/mol. The van der Waals surface area contributed by atoms with Gasteiger partial charge in [-0.1, -0.05) is 27.7 Å². The summed E-state index contributed by atoms with van der Waals surface area (Å²) in [6.07, 6.45) is 0.759. The highest BCUT2D eigenvalue weighted by atomic mass is 16.7. The molecule has 0 aromatic heterocycles. The van der Waals surface area contributed by atoms with Crippen LogP contribution in [0.2, 0.25) is 0 Å². The highest BCUT2D eigenvalue weighted by molar-refractivity contribution is 5.78. The minimum atomic E-state index is -0.928. The molecule has 0 aromatic carbocycles. The predicted octanol–water partition coefficient (Wildman–Crippen LogP) is 3.31. The molecule has 5 nitrogen and oxygen atoms in total. The monoisotopic (exact) mass is 286 g/mol. The van der Waals surface area contributed by atoms with Crippen molar-refractivity contribution in [3.8, 4) is 0 Å². The van der Waals surface area contributed by atoms with E-state index in [1.54, 1.807) is 6.92 Å². The molecule has 1 heterocycles. The second-order valence-electron chi connectivity index (χ2n) is 7.32. The molecule has 20 heavy (non-hydrogen) atoms. The lowest BCUT2D eigenvalue weighted by Gasteiger charge is -2.38. The normalized spacial score (nSPS) is 21.4. The first-order valence-corrected chi connectivity index (χ1v) is 7.03. The Kier molecular flexibility index (Phi) is 4.72. The molecule has 1 saturated heterocycles. The van der Waals surface area contributed by atoms with Crippen molar-refractivity contribution in [2.45, 2.75) is 60.0 Å². The Morgan fingerprint density at radius 2 is 1.75 bits per heavy atom. The van der Waals surface area contributed by atoms with E-state index in [1.807, 2.05) is 13.8 Å². The first-order valence-electron chi connectivity index (χ1n) is 7.03. The van der Waals surface area contributed by atoms with Crippen molar-refractivity contribution in [3.63, 3.8) is 0 Å². The molecule has 1 atom stereocenters. The standard InChI is InChI=1S/C15H26O5/c1-7-15(6,8-13(2,3)4)20-11(16)14(5)9-18-12(17)19-10-14/h7-10H2,1-6H3. The fraction of sp³-hybridized carbons (Fsp3) is 0.867. The number of hydrogen-bond acceptors (Lipinski definition) is 5. The van der Waals surface area contributed by atoms with E-state index in [-0.39, 0.29) is 24.6 Å². The van der Waals surface area contributed by atoms with Crippen LogP contribution in [0.25, 0.3) is 0 Å². The van der Waals surface area contributed by atoms with Gasteiger partial charge in [0.25, 0.3) is 0 Å². The van der Waals surface area contributed by atoms with Crippen molar-refractivity contribution in [1.82, 2.24) is 0 Å². The highest BCUT2D eigenvalue weighted by Gasteiger charge is 2.45. The third-order valence-corrected chi connectivity index (χ3v) is 3.50. The molecule has 1 fully saturated rings. The van der Waals surface area contributed by atoms with Crippen molar-refractivity contribution >= 4 is 12.1 Å². The lowest BCUT2D eigenvalue weighted by molar-refractivity contribution is -0.183. The molecule has 0 spiro atoms. The Bertz CT molecular complexity index is 372. The van der Waals surface area contributed by atoms with Crippen LogP contribution in [0.1, 0.15) is 54.4 Å². The van der Waals surface area contributed by atoms with Crippen LogP contribution in [0.3, 0.4) is 0 Å². The van der Waals surface area contributed by atoms with E-state index >= 15 is 0 Å². The molecule has 0 radical (unpaired) electrons. The van der Waals surface area contributed by atoms with Gasteiger partial charge in [-0.3, -0.25) is 4.79 Å². The van der Waals surface area contributed by atoms with Crippen LogP contribution >= 0.6 is 0 Å². The van der Waals surface area contributed by atoms with E-state index in [1.165, 1.54) is 0 Å². The third kappa shape index (κ3) is 4.39. The van der Waals surface area contributed by atoms with Gasteiger partial charge in [0.2, 0.25) is 0 Å². The topological polar surface area (TPSA) is 61.8 Å². The number of hydrogen-bond donors (Lipinski definition) is 0. The van der Waals surface area contributed by atoms with Crippen LogP contribution in [0.15, 0.2) is 0 Å². The van der Waals surface area contributed by atoms with Gasteiger partial charge in [0, 0.05) is 0 Å². The first-order chi connectivity index (χ1) is 9.00. The van der Waals surface area contributed by atoms with E-state index in [4.69, 9.17) is 14.2 Å². The summed E-state index contributed by atoms with van der Waals surface area (Å²) >= 11 is 0. The lowest BCUT2D eigenvalue weighted by atomic mass is 9.81. The van der Waals surface area contributed by atoms with Gasteiger partial charge < -0.3 is 14.2 Å². The van der Waals surface area contributed by atoms with Gasteiger partial charge in [-0.25, -0.2) is 4.79 Å². The van der Waals surface area contributed by atoms with E-state index in [0.29, 0.717) is 0 Å². The summed E-state index contributed by atoms with van der Waals surface area (Å²) < 4.78 is 15.3. The molecule has 0 aliphatic carbocycles. The van der Waals surface area contributed by atoms with Crippen molar-refractivity contribution in [1.29, 1.82) is 0 Å². The largest absolute Gasteiger partial charge is 0.508 e. The number of rotatable bonds is 4. The Balaban J connectivity index is 2.74. The SMILES string of the molecule is CCC(C)(CC(C)(C)C)OC(=O)C1(C)COC(=O)OC1. The van der Waals surface area contributed by atoms with E-state index in [0.717, 1.165) is 12.8 Å². The summed E-state index contributed by atoms with van der Waals surface area (Å²) in [5, 5.41) is 0. The van der Waals surface area contributed by atoms with Crippen molar-refractivity contribution in [2.24, 2.45) is 10.8 Å². The number of cyclic esters (lactones) is 2. The maximum atomic E-state index is 12.4. The molecule has 1 rings (SSSR count). The summed E-state index contributed by atoms with van der Waals surface area (Å²) in [5.74, 6) is -0.376. The zero-order valence-electron chi connectivity index (χ0n) is 13.4. The van der Waals surface area contributed by atoms with Gasteiger partial charge in [0.05, 0.1) is 0 Å². The lowest BCUT2D eigenvalue weighted by Crippen LogP contribution is -2.48. The van der Waals surface area contributed by atoms with Gasteiger partial charge in [-0.15, -0.1) is 0 Å². The second-order valence-corrected chi connectivity index (χ2v) is 7.32. The minimum Gasteiger partial charge on any atom is -0.459 e. The van der Waals surface area contributed by atoms with Crippen molar-refractivity contribution in [3.05, 3.63) is 0 Å². The molecule has 0 amide bonds. The summed E-state index contributed by atoms with van der Waals surface area (Å²) in [7, 11) is 0. The minimum absolute atomic E-state index is 0.0000210. The number of carbonyl (C=O) groups excluding carboxylic acids is 2. The van der Waals surface area contributed by atoms with Gasteiger partial charge in [0.15, 0.2) is 0 Å². The van der Waals surface area contributed by atoms with Crippen LogP contribution in [-0.4, -0.2) is 30.9 Å². The zero-order chi connectivity index (χ0) is 15.6. The van der Waals surface area contributed by atoms with Crippen LogP contribution in [-0.2, 0) is 19.0 Å². The summed E-state index contributed by atoms with van der Waals surface area (Å²) in [6, 6.07) is 0. The smallest absolute Gasteiger partial charge is 0.459 e. The Labute approximate surface area is 121 Å². The maximum absolute atomic E-state index is 12.4. The quantitative estimate of drug-likeness (QED) is 0.742. The van der Waals surface area contributed by atoms with E-state index < -0.39 is 17.2 Å². The van der Waals surface area contributed by atoms with Crippen molar-refractivity contribution < 1.29 is 23.8 Å². The second kappa shape index (κ2) is 5.62. The Hall–Kier alpha value is -1.26. The molecular formula is C15H26O5. The molecule has 1 unspecified atom stereocenters. The molecular weight excluding hydrogens is 260 g/mol. The Morgan fingerprint density at radius 1 is 1.25 bits per heavy atom. The molecule has 0 N–H and O–H groups in total. The van der Waals surface area contributed by atoms with Crippen LogP contribution in [0.4, 0.5) is 4.79 Å².